The molecule has 0 radical (unpaired) electrons. The van der Waals surface area contributed by atoms with Crippen molar-refractivity contribution >= 4 is 0 Å². The summed E-state index contributed by atoms with van der Waals surface area (Å²) in [4.78, 5) is 0. The average Bonchev–Trinajstić information content (AvgIpc) is 2.30. The second-order valence-electron chi connectivity index (χ2n) is 4.85. The van der Waals surface area contributed by atoms with Gasteiger partial charge < -0.3 is 15.7 Å². The number of hydrogen-bond donors (Lipinski definition) is 3. The van der Waals surface area contributed by atoms with Gasteiger partial charge >= 0.3 is 0 Å². The monoisotopic (exact) mass is 200 g/mol. The normalized spacial score (nSPS) is 29.1. The van der Waals surface area contributed by atoms with Gasteiger partial charge in [0.05, 0.1) is 5.60 Å². The Morgan fingerprint density at radius 1 is 1.36 bits per heavy atom. The number of nitrogens with one attached hydrogen (secondary N) is 2. The predicted molar refractivity (Wildman–Crippen MR) is 59.4 cm³/mol. The molecule has 0 saturated carbocycles. The molecule has 14 heavy (non-hydrogen) atoms. The van der Waals surface area contributed by atoms with E-state index in [2.05, 4.69) is 24.5 Å². The molecule has 0 aromatic heterocycles. The van der Waals surface area contributed by atoms with E-state index in [1.165, 1.54) is 0 Å². The zero-order chi connectivity index (χ0) is 10.4. The van der Waals surface area contributed by atoms with E-state index in [-0.39, 0.29) is 0 Å². The molecule has 84 valence electrons. The van der Waals surface area contributed by atoms with Gasteiger partial charge in [0.25, 0.3) is 0 Å². The molecule has 1 fully saturated rings. The van der Waals surface area contributed by atoms with E-state index in [1.54, 1.807) is 0 Å². The second kappa shape index (κ2) is 5.69. The van der Waals surface area contributed by atoms with Crippen LogP contribution in [-0.4, -0.2) is 36.9 Å². The molecule has 1 aliphatic heterocycles. The largest absolute Gasteiger partial charge is 0.389 e. The first kappa shape index (κ1) is 12.0. The van der Waals surface area contributed by atoms with Crippen LogP contribution in [0.3, 0.4) is 0 Å². The van der Waals surface area contributed by atoms with E-state index in [0.29, 0.717) is 5.92 Å². The molecule has 1 saturated heterocycles. The van der Waals surface area contributed by atoms with Crippen molar-refractivity contribution in [1.82, 2.24) is 10.6 Å². The summed E-state index contributed by atoms with van der Waals surface area (Å²) < 4.78 is 0. The van der Waals surface area contributed by atoms with Crippen molar-refractivity contribution in [2.45, 2.75) is 38.7 Å². The molecule has 0 aliphatic carbocycles. The molecule has 0 bridgehead atoms. The van der Waals surface area contributed by atoms with Crippen LogP contribution in [-0.2, 0) is 0 Å². The summed E-state index contributed by atoms with van der Waals surface area (Å²) in [6.45, 7) is 8.10. The number of hydrogen-bond acceptors (Lipinski definition) is 3. The van der Waals surface area contributed by atoms with E-state index >= 15 is 0 Å². The molecule has 3 nitrogen and oxygen atoms in total. The minimum Gasteiger partial charge on any atom is -0.389 e. The summed E-state index contributed by atoms with van der Waals surface area (Å²) in [7, 11) is 0. The predicted octanol–water partition coefficient (Wildman–Crippen LogP) is 0.737. The molecule has 0 aromatic carbocycles. The Balaban J connectivity index is 2.24. The van der Waals surface area contributed by atoms with Gasteiger partial charge in [-0.2, -0.15) is 0 Å². The van der Waals surface area contributed by atoms with Gasteiger partial charge in [0.1, 0.15) is 0 Å². The Hall–Kier alpha value is -0.120. The van der Waals surface area contributed by atoms with Gasteiger partial charge in [0, 0.05) is 6.54 Å². The summed E-state index contributed by atoms with van der Waals surface area (Å²) in [5.41, 5.74) is -0.474. The van der Waals surface area contributed by atoms with Crippen molar-refractivity contribution in [2.75, 3.05) is 26.2 Å². The Morgan fingerprint density at radius 3 is 2.86 bits per heavy atom. The van der Waals surface area contributed by atoms with Crippen molar-refractivity contribution in [3.05, 3.63) is 0 Å². The van der Waals surface area contributed by atoms with Gasteiger partial charge in [-0.05, 0) is 44.8 Å². The summed E-state index contributed by atoms with van der Waals surface area (Å²) in [6.07, 6.45) is 2.88. The summed E-state index contributed by atoms with van der Waals surface area (Å²) in [5, 5.41) is 16.9. The van der Waals surface area contributed by atoms with Crippen molar-refractivity contribution in [1.29, 1.82) is 0 Å². The Bertz CT molecular complexity index is 151. The second-order valence-corrected chi connectivity index (χ2v) is 4.85. The highest BCUT2D eigenvalue weighted by Gasteiger charge is 2.27. The summed E-state index contributed by atoms with van der Waals surface area (Å²) in [5.74, 6) is 0.655. The van der Waals surface area contributed by atoms with Gasteiger partial charge in [-0.25, -0.2) is 0 Å². The molecule has 1 aliphatic rings. The van der Waals surface area contributed by atoms with Crippen molar-refractivity contribution in [2.24, 2.45) is 5.92 Å². The van der Waals surface area contributed by atoms with Crippen LogP contribution < -0.4 is 10.6 Å². The SMILES string of the molecule is CC(C)CNCC1(O)CCCNCC1. The maximum atomic E-state index is 10.3. The van der Waals surface area contributed by atoms with Gasteiger partial charge in [-0.3, -0.25) is 0 Å². The molecule has 1 atom stereocenters. The molecular weight excluding hydrogens is 176 g/mol. The molecule has 1 heterocycles. The Labute approximate surface area is 87.3 Å². The standard InChI is InChI=1S/C11H24N2O/c1-10(2)8-13-9-11(14)4-3-6-12-7-5-11/h10,12-14H,3-9H2,1-2H3. The maximum absolute atomic E-state index is 10.3. The van der Waals surface area contributed by atoms with E-state index in [9.17, 15) is 5.11 Å². The lowest BCUT2D eigenvalue weighted by molar-refractivity contribution is 0.0280. The van der Waals surface area contributed by atoms with Crippen LogP contribution in [0.1, 0.15) is 33.1 Å². The zero-order valence-electron chi connectivity index (χ0n) is 9.47. The highest BCUT2D eigenvalue weighted by molar-refractivity contribution is 4.84. The van der Waals surface area contributed by atoms with Crippen LogP contribution in [0.4, 0.5) is 0 Å². The highest BCUT2D eigenvalue weighted by Crippen LogP contribution is 2.18. The number of aliphatic hydroxyl groups is 1. The van der Waals surface area contributed by atoms with Crippen LogP contribution >= 0.6 is 0 Å². The summed E-state index contributed by atoms with van der Waals surface area (Å²) >= 11 is 0. The van der Waals surface area contributed by atoms with Crippen molar-refractivity contribution in [3.63, 3.8) is 0 Å². The minimum absolute atomic E-state index is 0.474. The molecule has 1 rings (SSSR count). The molecule has 3 N–H and O–H groups in total. The molecule has 0 amide bonds. The smallest absolute Gasteiger partial charge is 0.0784 e. The Kier molecular flexibility index (Phi) is 4.85. The Morgan fingerprint density at radius 2 is 2.14 bits per heavy atom. The molecule has 3 heteroatoms. The third-order valence-electron chi connectivity index (χ3n) is 2.77. The van der Waals surface area contributed by atoms with E-state index < -0.39 is 5.60 Å². The molecule has 0 spiro atoms. The fourth-order valence-corrected chi connectivity index (χ4v) is 1.88. The molecule has 1 unspecified atom stereocenters. The lowest BCUT2D eigenvalue weighted by atomic mass is 9.95. The molecule has 0 aromatic rings. The third kappa shape index (κ3) is 4.40. The quantitative estimate of drug-likeness (QED) is 0.627. The summed E-state index contributed by atoms with van der Waals surface area (Å²) in [6, 6.07) is 0. The topological polar surface area (TPSA) is 44.3 Å². The van der Waals surface area contributed by atoms with E-state index in [1.807, 2.05) is 0 Å². The van der Waals surface area contributed by atoms with Gasteiger partial charge in [0.2, 0.25) is 0 Å². The molecular formula is C11H24N2O. The lowest BCUT2D eigenvalue weighted by Crippen LogP contribution is -2.42. The van der Waals surface area contributed by atoms with Crippen molar-refractivity contribution in [3.8, 4) is 0 Å². The van der Waals surface area contributed by atoms with Crippen molar-refractivity contribution < 1.29 is 5.11 Å². The first-order valence-electron chi connectivity index (χ1n) is 5.76. The van der Waals surface area contributed by atoms with Crippen LogP contribution in [0, 0.1) is 5.92 Å². The first-order chi connectivity index (χ1) is 6.62. The number of rotatable bonds is 4. The van der Waals surface area contributed by atoms with Crippen LogP contribution in [0.2, 0.25) is 0 Å². The zero-order valence-corrected chi connectivity index (χ0v) is 9.47. The van der Waals surface area contributed by atoms with Crippen LogP contribution in [0.5, 0.6) is 0 Å². The van der Waals surface area contributed by atoms with Gasteiger partial charge in [0.15, 0.2) is 0 Å². The van der Waals surface area contributed by atoms with Crippen LogP contribution in [0.15, 0.2) is 0 Å². The fourth-order valence-electron chi connectivity index (χ4n) is 1.88. The minimum atomic E-state index is -0.474. The third-order valence-corrected chi connectivity index (χ3v) is 2.77. The van der Waals surface area contributed by atoms with E-state index in [4.69, 9.17) is 0 Å². The van der Waals surface area contributed by atoms with Crippen LogP contribution in [0.25, 0.3) is 0 Å². The highest BCUT2D eigenvalue weighted by atomic mass is 16.3. The lowest BCUT2D eigenvalue weighted by Gasteiger charge is -2.27. The van der Waals surface area contributed by atoms with E-state index in [0.717, 1.165) is 45.4 Å². The fraction of sp³-hybridized carbons (Fsp3) is 1.00. The average molecular weight is 200 g/mol. The van der Waals surface area contributed by atoms with Gasteiger partial charge in [-0.15, -0.1) is 0 Å². The van der Waals surface area contributed by atoms with Gasteiger partial charge in [-0.1, -0.05) is 13.8 Å². The first-order valence-corrected chi connectivity index (χ1v) is 5.76. The maximum Gasteiger partial charge on any atom is 0.0784 e.